The number of ether oxygens (including phenoxy) is 1. The van der Waals surface area contributed by atoms with E-state index in [1.807, 2.05) is 6.07 Å². The first-order valence-corrected chi connectivity index (χ1v) is 6.50. The molecule has 1 N–H and O–H groups in total. The molecule has 0 unspecified atom stereocenters. The Kier molecular flexibility index (Phi) is 3.90. The zero-order valence-electron chi connectivity index (χ0n) is 10.2. The van der Waals surface area contributed by atoms with Gasteiger partial charge in [-0.05, 0) is 25.1 Å². The molecule has 0 fully saturated rings. The van der Waals surface area contributed by atoms with E-state index in [1.54, 1.807) is 25.1 Å². The number of aliphatic hydroxyl groups is 1. The fraction of sp³-hybridized carbons (Fsp3) is 0.231. The van der Waals surface area contributed by atoms with Crippen LogP contribution < -0.4 is 4.90 Å². The average molecular weight is 326 g/mol. The predicted octanol–water partition coefficient (Wildman–Crippen LogP) is 2.17. The van der Waals surface area contributed by atoms with Crippen molar-refractivity contribution in [1.82, 2.24) is 0 Å². The van der Waals surface area contributed by atoms with Gasteiger partial charge in [0.05, 0.1) is 13.2 Å². The van der Waals surface area contributed by atoms with E-state index in [2.05, 4.69) is 15.9 Å². The first kappa shape index (κ1) is 13.6. The quantitative estimate of drug-likeness (QED) is 0.683. The Labute approximate surface area is 118 Å². The molecule has 100 valence electrons. The maximum Gasteiger partial charge on any atom is 0.347 e. The summed E-state index contributed by atoms with van der Waals surface area (Å²) >= 11 is 3.31. The molecule has 0 saturated heterocycles. The lowest BCUT2D eigenvalue weighted by Gasteiger charge is -2.16. The van der Waals surface area contributed by atoms with Crippen molar-refractivity contribution >= 4 is 33.5 Å². The minimum atomic E-state index is -0.789. The zero-order chi connectivity index (χ0) is 14.0. The Morgan fingerprint density at radius 3 is 2.89 bits per heavy atom. The molecule has 0 radical (unpaired) electrons. The third-order valence-corrected chi connectivity index (χ3v) is 3.15. The Morgan fingerprint density at radius 1 is 1.53 bits per heavy atom. The van der Waals surface area contributed by atoms with E-state index in [9.17, 15) is 14.7 Å². The summed E-state index contributed by atoms with van der Waals surface area (Å²) in [7, 11) is 0. The Bertz CT molecular complexity index is 568. The van der Waals surface area contributed by atoms with Crippen molar-refractivity contribution in [2.24, 2.45) is 0 Å². The monoisotopic (exact) mass is 325 g/mol. The number of anilines is 1. The van der Waals surface area contributed by atoms with Gasteiger partial charge in [-0.3, -0.25) is 4.79 Å². The largest absolute Gasteiger partial charge is 0.509 e. The van der Waals surface area contributed by atoms with E-state index in [4.69, 9.17) is 4.74 Å². The van der Waals surface area contributed by atoms with Crippen molar-refractivity contribution in [3.63, 3.8) is 0 Å². The Balaban J connectivity index is 2.27. The number of rotatable bonds is 3. The molecule has 0 aromatic heterocycles. The van der Waals surface area contributed by atoms with E-state index < -0.39 is 11.9 Å². The van der Waals surface area contributed by atoms with E-state index in [-0.39, 0.29) is 24.5 Å². The van der Waals surface area contributed by atoms with Crippen LogP contribution in [-0.4, -0.2) is 30.1 Å². The number of amides is 1. The van der Waals surface area contributed by atoms with Crippen LogP contribution in [0, 0.1) is 0 Å². The van der Waals surface area contributed by atoms with Gasteiger partial charge in [-0.1, -0.05) is 22.0 Å². The van der Waals surface area contributed by atoms with Gasteiger partial charge < -0.3 is 14.7 Å². The lowest BCUT2D eigenvalue weighted by atomic mass is 10.2. The first-order chi connectivity index (χ1) is 9.04. The molecule has 5 nitrogen and oxygen atoms in total. The molecule has 19 heavy (non-hydrogen) atoms. The summed E-state index contributed by atoms with van der Waals surface area (Å²) < 4.78 is 5.57. The van der Waals surface area contributed by atoms with E-state index in [0.717, 1.165) is 4.47 Å². The second-order valence-electron chi connectivity index (χ2n) is 3.91. The van der Waals surface area contributed by atoms with Crippen molar-refractivity contribution < 1.29 is 19.4 Å². The number of hydrogen-bond acceptors (Lipinski definition) is 4. The molecule has 0 atom stereocenters. The van der Waals surface area contributed by atoms with Crippen molar-refractivity contribution in [3.8, 4) is 0 Å². The van der Waals surface area contributed by atoms with Crippen LogP contribution in [0.25, 0.3) is 0 Å². The molecule has 1 heterocycles. The number of benzene rings is 1. The van der Waals surface area contributed by atoms with E-state index in [1.165, 1.54) is 4.90 Å². The summed E-state index contributed by atoms with van der Waals surface area (Å²) in [6.07, 6.45) is 0. The topological polar surface area (TPSA) is 66.8 Å². The number of carbonyl (C=O) groups excluding carboxylic acids is 2. The maximum absolute atomic E-state index is 12.1. The molecule has 0 bridgehead atoms. The number of aliphatic hydroxyl groups excluding tert-OH is 1. The van der Waals surface area contributed by atoms with Crippen LogP contribution in [0.5, 0.6) is 0 Å². The lowest BCUT2D eigenvalue weighted by molar-refractivity contribution is -0.139. The predicted molar refractivity (Wildman–Crippen MR) is 72.8 cm³/mol. The minimum Gasteiger partial charge on any atom is -0.509 e. The fourth-order valence-electron chi connectivity index (χ4n) is 1.82. The van der Waals surface area contributed by atoms with Crippen LogP contribution in [0.15, 0.2) is 40.1 Å². The fourth-order valence-corrected chi connectivity index (χ4v) is 2.21. The zero-order valence-corrected chi connectivity index (χ0v) is 11.8. The Morgan fingerprint density at radius 2 is 2.26 bits per heavy atom. The van der Waals surface area contributed by atoms with Gasteiger partial charge in [0, 0.05) is 10.2 Å². The van der Waals surface area contributed by atoms with Crippen LogP contribution in [0.1, 0.15) is 6.92 Å². The van der Waals surface area contributed by atoms with Crippen LogP contribution >= 0.6 is 15.9 Å². The summed E-state index contributed by atoms with van der Waals surface area (Å²) in [5, 5.41) is 9.76. The molecule has 1 aliphatic heterocycles. The third-order valence-electron chi connectivity index (χ3n) is 2.65. The Hall–Kier alpha value is -1.82. The highest BCUT2D eigenvalue weighted by Crippen LogP contribution is 2.27. The average Bonchev–Trinajstić information content (AvgIpc) is 2.65. The molecule has 6 heteroatoms. The van der Waals surface area contributed by atoms with Crippen LogP contribution in [0.2, 0.25) is 0 Å². The van der Waals surface area contributed by atoms with Crippen molar-refractivity contribution in [2.75, 3.05) is 18.1 Å². The standard InChI is InChI=1S/C13H12BrNO4/c1-2-19-13(18)11-10(16)7-15(12(11)17)9-5-3-4-8(14)6-9/h3-6,16H,2,7H2,1H3. The lowest BCUT2D eigenvalue weighted by Crippen LogP contribution is -2.29. The molecular formula is C13H12BrNO4. The summed E-state index contributed by atoms with van der Waals surface area (Å²) in [5.74, 6) is -1.60. The van der Waals surface area contributed by atoms with E-state index in [0.29, 0.717) is 5.69 Å². The molecular weight excluding hydrogens is 314 g/mol. The molecule has 1 aliphatic rings. The highest BCUT2D eigenvalue weighted by Gasteiger charge is 2.36. The van der Waals surface area contributed by atoms with Gasteiger partial charge in [0.25, 0.3) is 5.91 Å². The number of nitrogens with zero attached hydrogens (tertiary/aromatic N) is 1. The van der Waals surface area contributed by atoms with Crippen molar-refractivity contribution in [2.45, 2.75) is 6.92 Å². The molecule has 0 spiro atoms. The number of hydrogen-bond donors (Lipinski definition) is 1. The highest BCUT2D eigenvalue weighted by molar-refractivity contribution is 9.10. The molecule has 2 rings (SSSR count). The van der Waals surface area contributed by atoms with Gasteiger partial charge in [0.1, 0.15) is 5.76 Å². The molecule has 1 amide bonds. The SMILES string of the molecule is CCOC(=O)C1=C(O)CN(c2cccc(Br)c2)C1=O. The van der Waals surface area contributed by atoms with Gasteiger partial charge >= 0.3 is 5.97 Å². The molecule has 0 aliphatic carbocycles. The van der Waals surface area contributed by atoms with Crippen molar-refractivity contribution in [1.29, 1.82) is 0 Å². The van der Waals surface area contributed by atoms with Gasteiger partial charge in [-0.25, -0.2) is 4.79 Å². The number of carbonyl (C=O) groups is 2. The summed E-state index contributed by atoms with van der Waals surface area (Å²) in [4.78, 5) is 25.1. The summed E-state index contributed by atoms with van der Waals surface area (Å²) in [6, 6.07) is 7.05. The van der Waals surface area contributed by atoms with Crippen LogP contribution in [-0.2, 0) is 14.3 Å². The van der Waals surface area contributed by atoms with Crippen molar-refractivity contribution in [3.05, 3.63) is 40.1 Å². The minimum absolute atomic E-state index is 0.0244. The molecule has 1 aromatic carbocycles. The smallest absolute Gasteiger partial charge is 0.347 e. The van der Waals surface area contributed by atoms with Crippen LogP contribution in [0.4, 0.5) is 5.69 Å². The van der Waals surface area contributed by atoms with E-state index >= 15 is 0 Å². The number of esters is 1. The second kappa shape index (κ2) is 5.44. The summed E-state index contributed by atoms with van der Waals surface area (Å²) in [5.41, 5.74) is 0.312. The third kappa shape index (κ3) is 2.63. The van der Waals surface area contributed by atoms with Gasteiger partial charge in [-0.15, -0.1) is 0 Å². The van der Waals surface area contributed by atoms with Crippen LogP contribution in [0.3, 0.4) is 0 Å². The first-order valence-electron chi connectivity index (χ1n) is 5.71. The summed E-state index contributed by atoms with van der Waals surface area (Å²) in [6.45, 7) is 1.77. The van der Waals surface area contributed by atoms with Gasteiger partial charge in [0.2, 0.25) is 0 Å². The highest BCUT2D eigenvalue weighted by atomic mass is 79.9. The maximum atomic E-state index is 12.1. The van der Waals surface area contributed by atoms with Gasteiger partial charge in [0.15, 0.2) is 5.57 Å². The number of halogens is 1. The normalized spacial score (nSPS) is 15.1. The second-order valence-corrected chi connectivity index (χ2v) is 4.83. The molecule has 0 saturated carbocycles. The van der Waals surface area contributed by atoms with Gasteiger partial charge in [-0.2, -0.15) is 0 Å². The molecule has 1 aromatic rings.